The largest absolute Gasteiger partial charge is 0.508 e. The quantitative estimate of drug-likeness (QED) is 0.564. The third-order valence-corrected chi connectivity index (χ3v) is 4.01. The molecule has 0 radical (unpaired) electrons. The number of nitrogens with zero attached hydrogens (tertiary/aromatic N) is 1. The van der Waals surface area contributed by atoms with Gasteiger partial charge in [-0.2, -0.15) is 0 Å². The molecule has 3 aromatic rings. The van der Waals surface area contributed by atoms with Crippen LogP contribution in [0.15, 0.2) is 48.9 Å². The van der Waals surface area contributed by atoms with Crippen molar-refractivity contribution in [2.75, 3.05) is 6.54 Å². The first kappa shape index (κ1) is 15.5. The molecule has 5 nitrogen and oxygen atoms in total. The van der Waals surface area contributed by atoms with E-state index in [1.54, 1.807) is 24.5 Å². The van der Waals surface area contributed by atoms with Crippen molar-refractivity contribution in [3.05, 3.63) is 60.0 Å². The van der Waals surface area contributed by atoms with Crippen molar-refractivity contribution in [1.29, 1.82) is 0 Å². The number of aliphatic hydroxyl groups excluding tert-OH is 1. The van der Waals surface area contributed by atoms with Crippen molar-refractivity contribution in [3.8, 4) is 5.75 Å². The minimum Gasteiger partial charge on any atom is -0.508 e. The van der Waals surface area contributed by atoms with Gasteiger partial charge in [0.2, 0.25) is 0 Å². The maximum atomic E-state index is 10.2. The smallest absolute Gasteiger partial charge is 0.116 e. The number of phenolic OH excluding ortho intramolecular Hbond substituents is 1. The van der Waals surface area contributed by atoms with Crippen LogP contribution in [0.2, 0.25) is 0 Å². The van der Waals surface area contributed by atoms with Crippen molar-refractivity contribution in [2.45, 2.75) is 25.5 Å². The Kier molecular flexibility index (Phi) is 4.60. The van der Waals surface area contributed by atoms with Crippen LogP contribution in [0.25, 0.3) is 10.9 Å². The third-order valence-electron chi connectivity index (χ3n) is 4.01. The Morgan fingerprint density at radius 2 is 2.17 bits per heavy atom. The van der Waals surface area contributed by atoms with Gasteiger partial charge >= 0.3 is 0 Å². The summed E-state index contributed by atoms with van der Waals surface area (Å²) in [5.41, 5.74) is 2.97. The summed E-state index contributed by atoms with van der Waals surface area (Å²) in [6.45, 7) is 2.55. The van der Waals surface area contributed by atoms with Crippen LogP contribution in [0, 0.1) is 0 Å². The Hall–Kier alpha value is -2.37. The summed E-state index contributed by atoms with van der Waals surface area (Å²) in [6, 6.07) is 9.21. The molecule has 0 spiro atoms. The van der Waals surface area contributed by atoms with Gasteiger partial charge in [-0.25, -0.2) is 0 Å². The van der Waals surface area contributed by atoms with Crippen molar-refractivity contribution in [3.63, 3.8) is 0 Å². The minimum atomic E-state index is -0.571. The first-order chi connectivity index (χ1) is 11.1. The maximum Gasteiger partial charge on any atom is 0.116 e. The number of phenols is 1. The number of benzene rings is 1. The second-order valence-electron chi connectivity index (χ2n) is 5.86. The van der Waals surface area contributed by atoms with Crippen molar-refractivity contribution < 1.29 is 10.2 Å². The second-order valence-corrected chi connectivity index (χ2v) is 5.86. The molecule has 0 fully saturated rings. The van der Waals surface area contributed by atoms with E-state index in [1.165, 1.54) is 0 Å². The highest BCUT2D eigenvalue weighted by molar-refractivity contribution is 5.84. The summed E-state index contributed by atoms with van der Waals surface area (Å²) in [4.78, 5) is 7.24. The number of H-pyrrole nitrogens is 1. The zero-order valence-electron chi connectivity index (χ0n) is 13.0. The maximum absolute atomic E-state index is 10.2. The lowest BCUT2D eigenvalue weighted by atomic mass is 10.1. The molecule has 0 bridgehead atoms. The molecular weight excluding hydrogens is 290 g/mol. The van der Waals surface area contributed by atoms with Gasteiger partial charge in [-0.1, -0.05) is 6.07 Å². The fourth-order valence-electron chi connectivity index (χ4n) is 2.74. The highest BCUT2D eigenvalue weighted by Crippen LogP contribution is 2.23. The molecule has 0 amide bonds. The summed E-state index contributed by atoms with van der Waals surface area (Å²) < 4.78 is 0. The number of nitrogens with one attached hydrogen (secondary N) is 2. The lowest BCUT2D eigenvalue weighted by Crippen LogP contribution is -2.32. The SMILES string of the molecule is C[C@@H](Cc1c[nH]c2ccc(O)cc12)NCC(O)c1cccnc1. The van der Waals surface area contributed by atoms with Crippen molar-refractivity contribution in [1.82, 2.24) is 15.3 Å². The van der Waals surface area contributed by atoms with E-state index in [0.717, 1.165) is 28.5 Å². The van der Waals surface area contributed by atoms with Gasteiger partial charge in [0.25, 0.3) is 0 Å². The summed E-state index contributed by atoms with van der Waals surface area (Å²) in [5.74, 6) is 0.269. The molecule has 4 N–H and O–H groups in total. The zero-order valence-corrected chi connectivity index (χ0v) is 13.0. The highest BCUT2D eigenvalue weighted by Gasteiger charge is 2.12. The number of aromatic hydroxyl groups is 1. The Morgan fingerprint density at radius 1 is 1.30 bits per heavy atom. The average molecular weight is 311 g/mol. The lowest BCUT2D eigenvalue weighted by Gasteiger charge is -2.17. The van der Waals surface area contributed by atoms with Gasteiger partial charge in [0.15, 0.2) is 0 Å². The highest BCUT2D eigenvalue weighted by atomic mass is 16.3. The molecule has 5 heteroatoms. The molecule has 0 aliphatic heterocycles. The van der Waals surface area contributed by atoms with Gasteiger partial charge in [-0.05, 0) is 43.2 Å². The standard InChI is InChI=1S/C18H21N3O2/c1-12(20-11-18(23)13-3-2-6-19-9-13)7-14-10-21-17-5-4-15(22)8-16(14)17/h2-6,8-10,12,18,20-23H,7,11H2,1H3/t12-,18?/m0/s1. The summed E-state index contributed by atoms with van der Waals surface area (Å²) in [7, 11) is 0. The summed E-state index contributed by atoms with van der Waals surface area (Å²) in [6.07, 6.45) is 5.58. The van der Waals surface area contributed by atoms with Gasteiger partial charge < -0.3 is 20.5 Å². The van der Waals surface area contributed by atoms with Crippen LogP contribution in [-0.2, 0) is 6.42 Å². The van der Waals surface area contributed by atoms with Crippen LogP contribution < -0.4 is 5.32 Å². The molecule has 0 aliphatic carbocycles. The molecule has 1 aromatic carbocycles. The Bertz CT molecular complexity index is 770. The average Bonchev–Trinajstić information content (AvgIpc) is 2.95. The number of aliphatic hydroxyl groups is 1. The van der Waals surface area contributed by atoms with Crippen molar-refractivity contribution >= 4 is 10.9 Å². The number of hydrogen-bond donors (Lipinski definition) is 4. The van der Waals surface area contributed by atoms with E-state index in [-0.39, 0.29) is 11.8 Å². The molecular formula is C18H21N3O2. The van der Waals surface area contributed by atoms with Crippen LogP contribution in [0.5, 0.6) is 5.75 Å². The fraction of sp³-hybridized carbons (Fsp3) is 0.278. The van der Waals surface area contributed by atoms with Gasteiger partial charge in [-0.15, -0.1) is 0 Å². The number of rotatable bonds is 6. The lowest BCUT2D eigenvalue weighted by molar-refractivity contribution is 0.170. The monoisotopic (exact) mass is 311 g/mol. The molecule has 120 valence electrons. The van der Waals surface area contributed by atoms with E-state index in [9.17, 15) is 10.2 Å². The van der Waals surface area contributed by atoms with Gasteiger partial charge in [0.1, 0.15) is 5.75 Å². The third kappa shape index (κ3) is 3.70. The molecule has 2 heterocycles. The van der Waals surface area contributed by atoms with Crippen LogP contribution in [0.1, 0.15) is 24.2 Å². The molecule has 2 aromatic heterocycles. The molecule has 0 saturated carbocycles. The molecule has 3 rings (SSSR count). The first-order valence-corrected chi connectivity index (χ1v) is 7.74. The Balaban J connectivity index is 1.60. The van der Waals surface area contributed by atoms with Crippen LogP contribution >= 0.6 is 0 Å². The number of fused-ring (bicyclic) bond motifs is 1. The van der Waals surface area contributed by atoms with E-state index in [4.69, 9.17) is 0 Å². The topological polar surface area (TPSA) is 81.2 Å². The Morgan fingerprint density at radius 3 is 2.96 bits per heavy atom. The Labute approximate surface area is 135 Å². The van der Waals surface area contributed by atoms with E-state index in [2.05, 4.69) is 22.2 Å². The second kappa shape index (κ2) is 6.81. The van der Waals surface area contributed by atoms with Crippen LogP contribution in [0.4, 0.5) is 0 Å². The number of pyridine rings is 1. The first-order valence-electron chi connectivity index (χ1n) is 7.74. The van der Waals surface area contributed by atoms with Gasteiger partial charge in [-0.3, -0.25) is 4.98 Å². The molecule has 23 heavy (non-hydrogen) atoms. The summed E-state index contributed by atoms with van der Waals surface area (Å²) >= 11 is 0. The van der Waals surface area contributed by atoms with E-state index in [0.29, 0.717) is 6.54 Å². The van der Waals surface area contributed by atoms with Crippen LogP contribution in [-0.4, -0.2) is 32.8 Å². The molecule has 2 atom stereocenters. The molecule has 0 aliphatic rings. The number of hydrogen-bond acceptors (Lipinski definition) is 4. The van der Waals surface area contributed by atoms with Crippen LogP contribution in [0.3, 0.4) is 0 Å². The van der Waals surface area contributed by atoms with E-state index < -0.39 is 6.10 Å². The van der Waals surface area contributed by atoms with Gasteiger partial charge in [0.05, 0.1) is 6.10 Å². The minimum absolute atomic E-state index is 0.197. The van der Waals surface area contributed by atoms with E-state index in [1.807, 2.05) is 24.4 Å². The predicted molar refractivity (Wildman–Crippen MR) is 90.3 cm³/mol. The van der Waals surface area contributed by atoms with Crippen molar-refractivity contribution in [2.24, 2.45) is 0 Å². The normalized spacial score (nSPS) is 14.0. The zero-order chi connectivity index (χ0) is 16.2. The molecule has 0 saturated heterocycles. The number of aromatic nitrogens is 2. The number of aromatic amines is 1. The summed E-state index contributed by atoms with van der Waals surface area (Å²) in [5, 5.41) is 24.2. The van der Waals surface area contributed by atoms with Gasteiger partial charge in [0, 0.05) is 47.6 Å². The van der Waals surface area contributed by atoms with E-state index >= 15 is 0 Å². The predicted octanol–water partition coefficient (Wildman–Crippen LogP) is 2.52. The fourth-order valence-corrected chi connectivity index (χ4v) is 2.74. The molecule has 1 unspecified atom stereocenters.